The number of hydrogen-bond donors (Lipinski definition) is 2. The zero-order valence-electron chi connectivity index (χ0n) is 10.4. The summed E-state index contributed by atoms with van der Waals surface area (Å²) in [7, 11) is 1.91. The van der Waals surface area contributed by atoms with E-state index in [2.05, 4.69) is 21.2 Å². The summed E-state index contributed by atoms with van der Waals surface area (Å²) in [4.78, 5) is 13.7. The number of anilines is 1. The van der Waals surface area contributed by atoms with Crippen LogP contribution in [0.1, 0.15) is 18.4 Å². The molecule has 0 aromatic heterocycles. The molecule has 1 amide bonds. The number of halogens is 1. The fraction of sp³-hybridized carbons (Fsp3) is 0.462. The maximum Gasteiger partial charge on any atom is 0.239 e. The van der Waals surface area contributed by atoms with Crippen molar-refractivity contribution in [1.29, 1.82) is 0 Å². The number of nitrogens with one attached hydrogen (secondary N) is 1. The smallest absolute Gasteiger partial charge is 0.239 e. The van der Waals surface area contributed by atoms with Crippen molar-refractivity contribution in [3.63, 3.8) is 0 Å². The van der Waals surface area contributed by atoms with Crippen molar-refractivity contribution in [3.05, 3.63) is 28.2 Å². The van der Waals surface area contributed by atoms with Gasteiger partial charge < -0.3 is 16.0 Å². The van der Waals surface area contributed by atoms with E-state index in [0.717, 1.165) is 28.6 Å². The first-order valence-electron chi connectivity index (χ1n) is 6.09. The lowest BCUT2D eigenvalue weighted by Crippen LogP contribution is -2.36. The normalized spacial score (nSPS) is 14.4. The van der Waals surface area contributed by atoms with Crippen LogP contribution in [0.4, 0.5) is 5.69 Å². The monoisotopic (exact) mass is 311 g/mol. The highest BCUT2D eigenvalue weighted by Crippen LogP contribution is 2.26. The third-order valence-corrected chi connectivity index (χ3v) is 3.78. The molecule has 0 heterocycles. The van der Waals surface area contributed by atoms with Gasteiger partial charge in [-0.25, -0.2) is 0 Å². The summed E-state index contributed by atoms with van der Waals surface area (Å²) in [5.74, 6) is 0.0722. The van der Waals surface area contributed by atoms with Crippen LogP contribution in [-0.4, -0.2) is 25.5 Å². The molecule has 0 unspecified atom stereocenters. The van der Waals surface area contributed by atoms with Gasteiger partial charge in [-0.3, -0.25) is 4.79 Å². The SMILES string of the molecule is CN(CC(=O)NC1CC1)c1cccc(Br)c1CN. The minimum absolute atomic E-state index is 0.0722. The van der Waals surface area contributed by atoms with E-state index in [1.165, 1.54) is 0 Å². The molecule has 2 rings (SSSR count). The molecule has 3 N–H and O–H groups in total. The fourth-order valence-electron chi connectivity index (χ4n) is 1.91. The number of rotatable bonds is 5. The molecular weight excluding hydrogens is 294 g/mol. The summed E-state index contributed by atoms with van der Waals surface area (Å²) in [5.41, 5.74) is 7.78. The van der Waals surface area contributed by atoms with Gasteiger partial charge in [0.2, 0.25) is 5.91 Å². The van der Waals surface area contributed by atoms with Crippen molar-refractivity contribution < 1.29 is 4.79 Å². The minimum atomic E-state index is 0.0722. The molecule has 1 saturated carbocycles. The first-order valence-corrected chi connectivity index (χ1v) is 6.89. The number of carbonyl (C=O) groups excluding carboxylic acids is 1. The van der Waals surface area contributed by atoms with Gasteiger partial charge in [0.25, 0.3) is 0 Å². The number of carbonyl (C=O) groups is 1. The van der Waals surface area contributed by atoms with Crippen LogP contribution in [0.25, 0.3) is 0 Å². The van der Waals surface area contributed by atoms with Gasteiger partial charge in [0.05, 0.1) is 6.54 Å². The van der Waals surface area contributed by atoms with Gasteiger partial charge in [-0.1, -0.05) is 22.0 Å². The van der Waals surface area contributed by atoms with Crippen LogP contribution < -0.4 is 16.0 Å². The molecule has 5 heteroatoms. The van der Waals surface area contributed by atoms with Crippen LogP contribution >= 0.6 is 15.9 Å². The molecular formula is C13H18BrN3O. The van der Waals surface area contributed by atoms with Crippen molar-refractivity contribution in [2.75, 3.05) is 18.5 Å². The largest absolute Gasteiger partial charge is 0.365 e. The van der Waals surface area contributed by atoms with Gasteiger partial charge in [-0.2, -0.15) is 0 Å². The topological polar surface area (TPSA) is 58.4 Å². The summed E-state index contributed by atoms with van der Waals surface area (Å²) in [6, 6.07) is 6.30. The Hall–Kier alpha value is -1.07. The highest BCUT2D eigenvalue weighted by atomic mass is 79.9. The van der Waals surface area contributed by atoms with Crippen LogP contribution in [-0.2, 0) is 11.3 Å². The number of amides is 1. The number of likely N-dealkylation sites (N-methyl/N-ethyl adjacent to an activating group) is 1. The molecule has 0 spiro atoms. The van der Waals surface area contributed by atoms with Crippen LogP contribution in [0, 0.1) is 0 Å². The van der Waals surface area contributed by atoms with Crippen molar-refractivity contribution >= 4 is 27.5 Å². The Kier molecular flexibility index (Phi) is 4.24. The van der Waals surface area contributed by atoms with Crippen molar-refractivity contribution in [2.45, 2.75) is 25.4 Å². The molecule has 0 aliphatic heterocycles. The van der Waals surface area contributed by atoms with E-state index in [4.69, 9.17) is 5.73 Å². The summed E-state index contributed by atoms with van der Waals surface area (Å²) in [6.45, 7) is 0.811. The van der Waals surface area contributed by atoms with Gasteiger partial charge in [0, 0.05) is 35.4 Å². The third-order valence-electron chi connectivity index (χ3n) is 3.03. The highest BCUT2D eigenvalue weighted by Gasteiger charge is 2.23. The van der Waals surface area contributed by atoms with Gasteiger partial charge in [0.1, 0.15) is 0 Å². The Bertz CT molecular complexity index is 446. The number of benzene rings is 1. The van der Waals surface area contributed by atoms with Gasteiger partial charge in [0.15, 0.2) is 0 Å². The highest BCUT2D eigenvalue weighted by molar-refractivity contribution is 9.10. The van der Waals surface area contributed by atoms with Crippen LogP contribution in [0.2, 0.25) is 0 Å². The Morgan fingerprint density at radius 2 is 2.28 bits per heavy atom. The third kappa shape index (κ3) is 3.23. The summed E-state index contributed by atoms with van der Waals surface area (Å²) in [5, 5.41) is 2.98. The molecule has 18 heavy (non-hydrogen) atoms. The van der Waals surface area contributed by atoms with E-state index in [0.29, 0.717) is 19.1 Å². The van der Waals surface area contributed by atoms with Crippen LogP contribution in [0.15, 0.2) is 22.7 Å². The maximum atomic E-state index is 11.8. The Morgan fingerprint density at radius 1 is 1.56 bits per heavy atom. The van der Waals surface area contributed by atoms with E-state index in [1.54, 1.807) is 0 Å². The van der Waals surface area contributed by atoms with Crippen molar-refractivity contribution in [1.82, 2.24) is 5.32 Å². The van der Waals surface area contributed by atoms with Gasteiger partial charge in [-0.15, -0.1) is 0 Å². The van der Waals surface area contributed by atoms with Crippen molar-refractivity contribution in [2.24, 2.45) is 5.73 Å². The van der Waals surface area contributed by atoms with Crippen LogP contribution in [0.3, 0.4) is 0 Å². The summed E-state index contributed by atoms with van der Waals surface area (Å²) in [6.07, 6.45) is 2.22. The molecule has 1 aliphatic rings. The lowest BCUT2D eigenvalue weighted by atomic mass is 10.1. The quantitative estimate of drug-likeness (QED) is 0.869. The Morgan fingerprint density at radius 3 is 2.89 bits per heavy atom. The predicted molar refractivity (Wildman–Crippen MR) is 76.5 cm³/mol. The number of hydrogen-bond acceptors (Lipinski definition) is 3. The molecule has 1 aromatic rings. The second kappa shape index (κ2) is 5.71. The number of nitrogens with two attached hydrogens (primary N) is 1. The number of nitrogens with zero attached hydrogens (tertiary/aromatic N) is 1. The average molecular weight is 312 g/mol. The maximum absolute atomic E-state index is 11.8. The van der Waals surface area contributed by atoms with E-state index in [9.17, 15) is 4.79 Å². The predicted octanol–water partition coefficient (Wildman–Crippen LogP) is 1.62. The molecule has 0 saturated heterocycles. The molecule has 0 radical (unpaired) electrons. The second-order valence-electron chi connectivity index (χ2n) is 4.64. The Balaban J connectivity index is 2.05. The minimum Gasteiger partial charge on any atom is -0.365 e. The average Bonchev–Trinajstić information content (AvgIpc) is 3.12. The molecule has 1 aliphatic carbocycles. The summed E-state index contributed by atoms with van der Waals surface area (Å²) < 4.78 is 0.983. The zero-order chi connectivity index (χ0) is 13.1. The standard InChI is InChI=1S/C13H18BrN3O/c1-17(8-13(18)16-9-5-6-9)12-4-2-3-11(14)10(12)7-15/h2-4,9H,5-8,15H2,1H3,(H,16,18). The fourth-order valence-corrected chi connectivity index (χ4v) is 2.43. The Labute approximate surface area is 116 Å². The van der Waals surface area contributed by atoms with Crippen molar-refractivity contribution in [3.8, 4) is 0 Å². The molecule has 1 fully saturated rings. The first kappa shape index (κ1) is 13.4. The summed E-state index contributed by atoms with van der Waals surface area (Å²) >= 11 is 3.48. The first-order chi connectivity index (χ1) is 8.61. The van der Waals surface area contributed by atoms with E-state index < -0.39 is 0 Å². The van der Waals surface area contributed by atoms with Gasteiger partial charge in [-0.05, 0) is 25.0 Å². The molecule has 4 nitrogen and oxygen atoms in total. The van der Waals surface area contributed by atoms with Crippen LogP contribution in [0.5, 0.6) is 0 Å². The lowest BCUT2D eigenvalue weighted by Gasteiger charge is -2.22. The molecule has 0 bridgehead atoms. The zero-order valence-corrected chi connectivity index (χ0v) is 12.0. The molecule has 0 atom stereocenters. The van der Waals surface area contributed by atoms with E-state index in [-0.39, 0.29) is 5.91 Å². The lowest BCUT2D eigenvalue weighted by molar-refractivity contribution is -0.119. The second-order valence-corrected chi connectivity index (χ2v) is 5.49. The van der Waals surface area contributed by atoms with E-state index in [1.807, 2.05) is 30.1 Å². The van der Waals surface area contributed by atoms with Gasteiger partial charge >= 0.3 is 0 Å². The molecule has 1 aromatic carbocycles. The molecule has 98 valence electrons. The van der Waals surface area contributed by atoms with E-state index >= 15 is 0 Å².